The van der Waals surface area contributed by atoms with Gasteiger partial charge in [-0.25, -0.2) is 0 Å². The molecular weight excluding hydrogens is 216 g/mol. The molecular formula is C13H18N2O2. The van der Waals surface area contributed by atoms with Crippen molar-refractivity contribution in [2.75, 3.05) is 23.9 Å². The highest BCUT2D eigenvalue weighted by Crippen LogP contribution is 2.35. The molecule has 0 fully saturated rings. The summed E-state index contributed by atoms with van der Waals surface area (Å²) in [4.78, 5) is 13.7. The number of rotatable bonds is 3. The molecule has 1 aliphatic heterocycles. The van der Waals surface area contributed by atoms with Crippen LogP contribution in [0.25, 0.3) is 0 Å². The molecule has 4 nitrogen and oxygen atoms in total. The molecule has 0 saturated heterocycles. The van der Waals surface area contributed by atoms with Crippen LogP contribution >= 0.6 is 0 Å². The molecule has 1 amide bonds. The highest BCUT2D eigenvalue weighted by atomic mass is 16.3. The number of nitrogens with one attached hydrogen (secondary N) is 1. The summed E-state index contributed by atoms with van der Waals surface area (Å²) in [5.41, 5.74) is 2.38. The Morgan fingerprint density at radius 1 is 1.47 bits per heavy atom. The highest BCUT2D eigenvalue weighted by molar-refractivity contribution is 6.03. The largest absolute Gasteiger partial charge is 0.394 e. The quantitative estimate of drug-likeness (QED) is 0.831. The fourth-order valence-corrected chi connectivity index (χ4v) is 2.21. The Morgan fingerprint density at radius 2 is 2.18 bits per heavy atom. The molecule has 2 N–H and O–H groups in total. The molecule has 1 aliphatic rings. The van der Waals surface area contributed by atoms with Crippen molar-refractivity contribution >= 4 is 17.3 Å². The van der Waals surface area contributed by atoms with Gasteiger partial charge in [-0.1, -0.05) is 0 Å². The fraction of sp³-hybridized carbons (Fsp3) is 0.462. The van der Waals surface area contributed by atoms with Crippen LogP contribution in [-0.4, -0.2) is 30.2 Å². The van der Waals surface area contributed by atoms with Gasteiger partial charge in [0.25, 0.3) is 0 Å². The third kappa shape index (κ3) is 1.89. The summed E-state index contributed by atoms with van der Waals surface area (Å²) in [6.45, 7) is 3.68. The van der Waals surface area contributed by atoms with Crippen LogP contribution in [0.2, 0.25) is 0 Å². The van der Waals surface area contributed by atoms with Gasteiger partial charge in [-0.3, -0.25) is 4.79 Å². The van der Waals surface area contributed by atoms with E-state index in [1.54, 1.807) is 4.90 Å². The molecule has 92 valence electrons. The van der Waals surface area contributed by atoms with Crippen LogP contribution in [0.3, 0.4) is 0 Å². The topological polar surface area (TPSA) is 52.6 Å². The van der Waals surface area contributed by atoms with Gasteiger partial charge in [-0.05, 0) is 37.6 Å². The molecule has 4 heteroatoms. The maximum absolute atomic E-state index is 12.0. The summed E-state index contributed by atoms with van der Waals surface area (Å²) >= 11 is 0. The molecule has 0 unspecified atom stereocenters. The van der Waals surface area contributed by atoms with E-state index in [2.05, 4.69) is 5.32 Å². The average Bonchev–Trinajstić information content (AvgIpc) is 2.64. The molecule has 2 rings (SSSR count). The maximum Gasteiger partial charge on any atom is 0.232 e. The molecule has 0 spiro atoms. The number of aliphatic hydroxyl groups is 1. The number of hydrogen-bond donors (Lipinski definition) is 2. The van der Waals surface area contributed by atoms with Crippen LogP contribution in [0.15, 0.2) is 18.2 Å². The predicted octanol–water partition coefficient (Wildman–Crippen LogP) is 1.39. The van der Waals surface area contributed by atoms with Gasteiger partial charge in [0.2, 0.25) is 5.91 Å². The SMILES string of the molecule is CNc1ccc2c(c1)CC(=O)N2C(C)(C)CO. The Bertz CT molecular complexity index is 455. The summed E-state index contributed by atoms with van der Waals surface area (Å²) < 4.78 is 0. The molecule has 1 heterocycles. The van der Waals surface area contributed by atoms with Crippen molar-refractivity contribution in [2.45, 2.75) is 25.8 Å². The second-order valence-corrected chi connectivity index (χ2v) is 4.97. The molecule has 0 saturated carbocycles. The number of amides is 1. The zero-order chi connectivity index (χ0) is 12.6. The molecule has 0 radical (unpaired) electrons. The van der Waals surface area contributed by atoms with Crippen molar-refractivity contribution < 1.29 is 9.90 Å². The van der Waals surface area contributed by atoms with Gasteiger partial charge >= 0.3 is 0 Å². The number of carbonyl (C=O) groups is 1. The van der Waals surface area contributed by atoms with Gasteiger partial charge < -0.3 is 15.3 Å². The van der Waals surface area contributed by atoms with Crippen molar-refractivity contribution in [2.24, 2.45) is 0 Å². The number of hydrogen-bond acceptors (Lipinski definition) is 3. The minimum Gasteiger partial charge on any atom is -0.394 e. The van der Waals surface area contributed by atoms with E-state index < -0.39 is 5.54 Å². The summed E-state index contributed by atoms with van der Waals surface area (Å²) in [6, 6.07) is 5.86. The standard InChI is InChI=1S/C13H18N2O2/c1-13(2,8-16)15-11-5-4-10(14-3)6-9(11)7-12(15)17/h4-6,14,16H,7-8H2,1-3H3. The lowest BCUT2D eigenvalue weighted by Gasteiger charge is -2.34. The van der Waals surface area contributed by atoms with Gasteiger partial charge in [0.1, 0.15) is 0 Å². The van der Waals surface area contributed by atoms with E-state index >= 15 is 0 Å². The number of nitrogens with zero attached hydrogens (tertiary/aromatic N) is 1. The summed E-state index contributed by atoms with van der Waals surface area (Å²) in [6.07, 6.45) is 0.411. The summed E-state index contributed by atoms with van der Waals surface area (Å²) in [5.74, 6) is 0.0484. The van der Waals surface area contributed by atoms with Crippen molar-refractivity contribution in [3.05, 3.63) is 23.8 Å². The van der Waals surface area contributed by atoms with E-state index in [4.69, 9.17) is 0 Å². The second kappa shape index (κ2) is 4.04. The normalized spacial score (nSPS) is 15.1. The number of benzene rings is 1. The van der Waals surface area contributed by atoms with Crippen molar-refractivity contribution in [3.8, 4) is 0 Å². The van der Waals surface area contributed by atoms with Crippen LogP contribution in [-0.2, 0) is 11.2 Å². The molecule has 0 atom stereocenters. The number of anilines is 2. The van der Waals surface area contributed by atoms with Crippen LogP contribution in [0, 0.1) is 0 Å². The predicted molar refractivity (Wildman–Crippen MR) is 68.3 cm³/mol. The van der Waals surface area contributed by atoms with Crippen molar-refractivity contribution in [3.63, 3.8) is 0 Å². The Morgan fingerprint density at radius 3 is 2.76 bits per heavy atom. The van der Waals surface area contributed by atoms with Crippen molar-refractivity contribution in [1.29, 1.82) is 0 Å². The zero-order valence-corrected chi connectivity index (χ0v) is 10.4. The summed E-state index contributed by atoms with van der Waals surface area (Å²) in [5, 5.41) is 12.5. The summed E-state index contributed by atoms with van der Waals surface area (Å²) in [7, 11) is 1.86. The second-order valence-electron chi connectivity index (χ2n) is 4.97. The Labute approximate surface area is 101 Å². The lowest BCUT2D eigenvalue weighted by atomic mass is 10.0. The Hall–Kier alpha value is -1.55. The first-order valence-electron chi connectivity index (χ1n) is 5.74. The Kier molecular flexibility index (Phi) is 2.83. The average molecular weight is 234 g/mol. The first kappa shape index (κ1) is 11.9. The highest BCUT2D eigenvalue weighted by Gasteiger charge is 2.37. The number of aliphatic hydroxyl groups excluding tert-OH is 1. The fourth-order valence-electron chi connectivity index (χ4n) is 2.21. The minimum absolute atomic E-state index is 0.0484. The lowest BCUT2D eigenvalue weighted by molar-refractivity contribution is -0.118. The lowest BCUT2D eigenvalue weighted by Crippen LogP contribution is -2.48. The molecule has 0 aliphatic carbocycles. The van der Waals surface area contributed by atoms with E-state index in [-0.39, 0.29) is 12.5 Å². The smallest absolute Gasteiger partial charge is 0.232 e. The van der Waals surface area contributed by atoms with Crippen LogP contribution < -0.4 is 10.2 Å². The molecule has 1 aromatic rings. The number of fused-ring (bicyclic) bond motifs is 1. The van der Waals surface area contributed by atoms with E-state index in [1.165, 1.54) is 0 Å². The van der Waals surface area contributed by atoms with Gasteiger partial charge in [0, 0.05) is 18.4 Å². The first-order chi connectivity index (χ1) is 7.99. The molecule has 1 aromatic carbocycles. The third-order valence-electron chi connectivity index (χ3n) is 3.19. The van der Waals surface area contributed by atoms with Crippen molar-refractivity contribution in [1.82, 2.24) is 0 Å². The van der Waals surface area contributed by atoms with Gasteiger partial charge in [0.15, 0.2) is 0 Å². The van der Waals surface area contributed by atoms with Crippen LogP contribution in [0.1, 0.15) is 19.4 Å². The van der Waals surface area contributed by atoms with Gasteiger partial charge in [0.05, 0.1) is 18.6 Å². The van der Waals surface area contributed by atoms with Gasteiger partial charge in [-0.2, -0.15) is 0 Å². The Balaban J connectivity index is 2.45. The van der Waals surface area contributed by atoms with Gasteiger partial charge in [-0.15, -0.1) is 0 Å². The monoisotopic (exact) mass is 234 g/mol. The maximum atomic E-state index is 12.0. The molecule has 17 heavy (non-hydrogen) atoms. The van der Waals surface area contributed by atoms with E-state index in [0.29, 0.717) is 6.42 Å². The van der Waals surface area contributed by atoms with Crippen LogP contribution in [0.4, 0.5) is 11.4 Å². The minimum atomic E-state index is -0.552. The molecule has 0 aromatic heterocycles. The number of carbonyl (C=O) groups excluding carboxylic acids is 1. The third-order valence-corrected chi connectivity index (χ3v) is 3.19. The van der Waals surface area contributed by atoms with E-state index in [1.807, 2.05) is 39.1 Å². The zero-order valence-electron chi connectivity index (χ0n) is 10.4. The molecule has 0 bridgehead atoms. The van der Waals surface area contributed by atoms with E-state index in [9.17, 15) is 9.90 Å². The van der Waals surface area contributed by atoms with E-state index in [0.717, 1.165) is 16.9 Å². The first-order valence-corrected chi connectivity index (χ1v) is 5.74. The van der Waals surface area contributed by atoms with Crippen LogP contribution in [0.5, 0.6) is 0 Å².